The topological polar surface area (TPSA) is 43.4 Å². The zero-order valence-electron chi connectivity index (χ0n) is 8.25. The van der Waals surface area contributed by atoms with Gasteiger partial charge >= 0.3 is 15.6 Å². The molecule has 0 aromatic rings. The summed E-state index contributed by atoms with van der Waals surface area (Å²) in [5, 5.41) is 0. The van der Waals surface area contributed by atoms with Crippen molar-refractivity contribution in [3.8, 4) is 0 Å². The van der Waals surface area contributed by atoms with E-state index in [-0.39, 0.29) is 5.92 Å². The Balaban J connectivity index is 2.69. The summed E-state index contributed by atoms with van der Waals surface area (Å²) in [5.41, 5.74) is -5.32. The van der Waals surface area contributed by atoms with E-state index in [4.69, 9.17) is 0 Å². The van der Waals surface area contributed by atoms with Crippen LogP contribution in [0.1, 0.15) is 32.6 Å². The molecule has 1 saturated carbocycles. The third-order valence-electron chi connectivity index (χ3n) is 2.57. The van der Waals surface area contributed by atoms with Crippen LogP contribution in [0.4, 0.5) is 13.2 Å². The normalized spacial score (nSPS) is 29.1. The van der Waals surface area contributed by atoms with Gasteiger partial charge in [0.25, 0.3) is 0 Å². The maximum Gasteiger partial charge on any atom is 0.523 e. The van der Waals surface area contributed by atoms with Crippen LogP contribution in [0.15, 0.2) is 0 Å². The number of hydrogen-bond acceptors (Lipinski definition) is 3. The van der Waals surface area contributed by atoms with Crippen molar-refractivity contribution in [1.29, 1.82) is 0 Å². The molecule has 3 nitrogen and oxygen atoms in total. The fourth-order valence-electron chi connectivity index (χ4n) is 1.64. The molecule has 0 bridgehead atoms. The van der Waals surface area contributed by atoms with Crippen molar-refractivity contribution in [1.82, 2.24) is 0 Å². The summed E-state index contributed by atoms with van der Waals surface area (Å²) in [6.45, 7) is 1.70. The van der Waals surface area contributed by atoms with Crippen molar-refractivity contribution in [3.63, 3.8) is 0 Å². The highest BCUT2D eigenvalue weighted by Gasteiger charge is 2.49. The van der Waals surface area contributed by atoms with Gasteiger partial charge in [0.2, 0.25) is 0 Å². The van der Waals surface area contributed by atoms with Crippen molar-refractivity contribution in [2.45, 2.75) is 44.2 Å². The predicted molar refractivity (Wildman–Crippen MR) is 47.5 cm³/mol. The van der Waals surface area contributed by atoms with Gasteiger partial charge in [0.1, 0.15) is 0 Å². The molecule has 0 saturated heterocycles. The number of hydrogen-bond donors (Lipinski definition) is 0. The predicted octanol–water partition coefficient (Wildman–Crippen LogP) is 2.43. The second-order valence-electron chi connectivity index (χ2n) is 3.80. The largest absolute Gasteiger partial charge is 0.523 e. The lowest BCUT2D eigenvalue weighted by Crippen LogP contribution is -2.34. The minimum atomic E-state index is -5.43. The van der Waals surface area contributed by atoms with Crippen molar-refractivity contribution >= 4 is 10.1 Å². The summed E-state index contributed by atoms with van der Waals surface area (Å²) in [5.74, 6) is -0.143. The van der Waals surface area contributed by atoms with Crippen LogP contribution in [0, 0.1) is 5.92 Å². The average molecular weight is 246 g/mol. The minimum Gasteiger partial charge on any atom is -0.260 e. The molecule has 0 aromatic carbocycles. The van der Waals surface area contributed by atoms with Crippen LogP contribution in [0.3, 0.4) is 0 Å². The highest BCUT2D eigenvalue weighted by molar-refractivity contribution is 7.87. The van der Waals surface area contributed by atoms with E-state index in [0.717, 1.165) is 6.42 Å². The highest BCUT2D eigenvalue weighted by atomic mass is 32.2. The maximum absolute atomic E-state index is 12.0. The maximum atomic E-state index is 12.0. The van der Waals surface area contributed by atoms with Crippen LogP contribution in [-0.4, -0.2) is 20.0 Å². The van der Waals surface area contributed by atoms with E-state index >= 15 is 0 Å². The van der Waals surface area contributed by atoms with Gasteiger partial charge in [0.05, 0.1) is 6.10 Å². The van der Waals surface area contributed by atoms with E-state index < -0.39 is 21.7 Å². The molecule has 1 rings (SSSR count). The number of halogens is 3. The van der Waals surface area contributed by atoms with Crippen LogP contribution >= 0.6 is 0 Å². The summed E-state index contributed by atoms with van der Waals surface area (Å²) in [7, 11) is -5.43. The third kappa shape index (κ3) is 3.07. The van der Waals surface area contributed by atoms with Crippen molar-refractivity contribution in [3.05, 3.63) is 0 Å². The Labute approximate surface area is 86.7 Å². The number of alkyl halides is 3. The molecule has 0 radical (unpaired) electrons. The molecule has 0 aromatic heterocycles. The van der Waals surface area contributed by atoms with Crippen molar-refractivity contribution in [2.75, 3.05) is 0 Å². The summed E-state index contributed by atoms with van der Waals surface area (Å²) >= 11 is 0. The Kier molecular flexibility index (Phi) is 3.65. The Morgan fingerprint density at radius 2 is 1.73 bits per heavy atom. The Hall–Kier alpha value is -0.300. The molecule has 0 unspecified atom stereocenters. The van der Waals surface area contributed by atoms with Gasteiger partial charge in [-0.15, -0.1) is 0 Å². The first-order chi connectivity index (χ1) is 6.74. The molecule has 15 heavy (non-hydrogen) atoms. The molecule has 0 aliphatic heterocycles. The molecule has 0 spiro atoms. The second-order valence-corrected chi connectivity index (χ2v) is 5.36. The van der Waals surface area contributed by atoms with E-state index in [1.54, 1.807) is 6.92 Å². The molecule has 0 amide bonds. The fraction of sp³-hybridized carbons (Fsp3) is 1.00. The smallest absolute Gasteiger partial charge is 0.260 e. The van der Waals surface area contributed by atoms with E-state index in [0.29, 0.717) is 19.3 Å². The molecule has 1 fully saturated rings. The lowest BCUT2D eigenvalue weighted by Gasteiger charge is -2.28. The van der Waals surface area contributed by atoms with Crippen LogP contribution in [0.2, 0.25) is 0 Å². The van der Waals surface area contributed by atoms with Gasteiger partial charge < -0.3 is 0 Å². The van der Waals surface area contributed by atoms with E-state index in [1.807, 2.05) is 0 Å². The van der Waals surface area contributed by atoms with Gasteiger partial charge in [-0.25, -0.2) is 0 Å². The molecule has 2 atom stereocenters. The SMILES string of the molecule is C[C@@H]1CCCC[C@H]1OS(=O)(=O)C(F)(F)F. The van der Waals surface area contributed by atoms with E-state index in [9.17, 15) is 21.6 Å². The van der Waals surface area contributed by atoms with Gasteiger partial charge in [-0.3, -0.25) is 4.18 Å². The molecular formula is C8H13F3O3S. The Morgan fingerprint density at radius 3 is 2.20 bits per heavy atom. The van der Waals surface area contributed by atoms with Crippen LogP contribution in [0.5, 0.6) is 0 Å². The molecule has 0 N–H and O–H groups in total. The second kappa shape index (κ2) is 4.29. The quantitative estimate of drug-likeness (QED) is 0.555. The first kappa shape index (κ1) is 12.8. The minimum absolute atomic E-state index is 0.143. The monoisotopic (exact) mass is 246 g/mol. The summed E-state index contributed by atoms with van der Waals surface area (Å²) in [6.07, 6.45) is 1.87. The van der Waals surface area contributed by atoms with Gasteiger partial charge in [-0.05, 0) is 18.8 Å². The van der Waals surface area contributed by atoms with Gasteiger partial charge in [-0.2, -0.15) is 21.6 Å². The zero-order valence-corrected chi connectivity index (χ0v) is 9.07. The molecule has 1 aliphatic carbocycles. The fourth-order valence-corrected chi connectivity index (χ4v) is 2.36. The molecule has 1 aliphatic rings. The highest BCUT2D eigenvalue weighted by Crippen LogP contribution is 2.32. The standard InChI is InChI=1S/C8H13F3O3S/c1-6-4-2-3-5-7(6)14-15(12,13)8(9,10)11/h6-7H,2-5H2,1H3/t6-,7-/m1/s1. The summed E-state index contributed by atoms with van der Waals surface area (Å²) < 4.78 is 61.6. The Morgan fingerprint density at radius 1 is 1.20 bits per heavy atom. The summed E-state index contributed by atoms with van der Waals surface area (Å²) in [4.78, 5) is 0. The lowest BCUT2D eigenvalue weighted by atomic mass is 9.88. The Bertz CT molecular complexity index is 310. The third-order valence-corrected chi connectivity index (χ3v) is 3.63. The molecular weight excluding hydrogens is 233 g/mol. The average Bonchev–Trinajstić information content (AvgIpc) is 2.06. The first-order valence-corrected chi connectivity index (χ1v) is 6.14. The van der Waals surface area contributed by atoms with E-state index in [2.05, 4.69) is 4.18 Å². The van der Waals surface area contributed by atoms with Crippen molar-refractivity contribution < 1.29 is 25.8 Å². The summed E-state index contributed by atoms with van der Waals surface area (Å²) in [6, 6.07) is 0. The van der Waals surface area contributed by atoms with Crippen LogP contribution < -0.4 is 0 Å². The van der Waals surface area contributed by atoms with Gasteiger partial charge in [0, 0.05) is 0 Å². The molecule has 90 valence electrons. The lowest BCUT2D eigenvalue weighted by molar-refractivity contribution is -0.0607. The molecule has 0 heterocycles. The molecule has 7 heteroatoms. The van der Waals surface area contributed by atoms with E-state index in [1.165, 1.54) is 0 Å². The van der Waals surface area contributed by atoms with Crippen molar-refractivity contribution in [2.24, 2.45) is 5.92 Å². The first-order valence-electron chi connectivity index (χ1n) is 4.73. The van der Waals surface area contributed by atoms with Gasteiger partial charge in [0.15, 0.2) is 0 Å². The van der Waals surface area contributed by atoms with Crippen LogP contribution in [-0.2, 0) is 14.3 Å². The number of rotatable bonds is 2. The van der Waals surface area contributed by atoms with Gasteiger partial charge in [-0.1, -0.05) is 19.8 Å². The van der Waals surface area contributed by atoms with Crippen LogP contribution in [0.25, 0.3) is 0 Å². The zero-order chi connectivity index (χ0) is 11.7.